The number of nitrogens with zero attached hydrogens (tertiary/aromatic N) is 3. The number of benzene rings is 1. The van der Waals surface area contributed by atoms with Crippen LogP contribution in [0.2, 0.25) is 0 Å². The first-order valence-electron chi connectivity index (χ1n) is 10.7. The average Bonchev–Trinajstić information content (AvgIpc) is 3.34. The molecular formula is C23H27FN4O2. The molecule has 7 heteroatoms. The topological polar surface area (TPSA) is 70.5 Å². The third-order valence-corrected chi connectivity index (χ3v) is 5.68. The highest BCUT2D eigenvalue weighted by molar-refractivity contribution is 5.94. The third kappa shape index (κ3) is 3.64. The van der Waals surface area contributed by atoms with Crippen LogP contribution in [0.25, 0.3) is 5.65 Å². The second-order valence-corrected chi connectivity index (χ2v) is 7.91. The van der Waals surface area contributed by atoms with Crippen LogP contribution in [0, 0.1) is 5.82 Å². The quantitative estimate of drug-likeness (QED) is 0.646. The van der Waals surface area contributed by atoms with E-state index in [9.17, 15) is 14.0 Å². The van der Waals surface area contributed by atoms with Crippen molar-refractivity contribution < 1.29 is 9.18 Å². The van der Waals surface area contributed by atoms with Gasteiger partial charge in [0.2, 0.25) is 0 Å². The zero-order valence-corrected chi connectivity index (χ0v) is 17.5. The average molecular weight is 410 g/mol. The molecule has 0 saturated carbocycles. The molecule has 3 aromatic rings. The Balaban J connectivity index is 1.75. The van der Waals surface area contributed by atoms with E-state index >= 15 is 0 Å². The van der Waals surface area contributed by atoms with Crippen LogP contribution in [-0.4, -0.2) is 31.9 Å². The Labute approximate surface area is 174 Å². The van der Waals surface area contributed by atoms with Gasteiger partial charge in [-0.25, -0.2) is 13.9 Å². The lowest BCUT2D eigenvalue weighted by molar-refractivity contribution is 0.0740. The summed E-state index contributed by atoms with van der Waals surface area (Å²) in [6, 6.07) is 5.76. The molecule has 1 N–H and O–H groups in total. The van der Waals surface area contributed by atoms with E-state index in [-0.39, 0.29) is 11.5 Å². The van der Waals surface area contributed by atoms with E-state index in [0.717, 1.165) is 61.0 Å². The molecule has 30 heavy (non-hydrogen) atoms. The number of hydrogen-bond donors (Lipinski definition) is 1. The Morgan fingerprint density at radius 1 is 1.27 bits per heavy atom. The molecular weight excluding hydrogens is 383 g/mol. The van der Waals surface area contributed by atoms with Crippen molar-refractivity contribution in [1.29, 1.82) is 0 Å². The Bertz CT molecular complexity index is 1150. The predicted octanol–water partition coefficient (Wildman–Crippen LogP) is 3.66. The maximum absolute atomic E-state index is 13.6. The molecule has 0 aliphatic heterocycles. The highest BCUT2D eigenvalue weighted by atomic mass is 19.1. The largest absolute Gasteiger partial charge is 0.333 e. The lowest BCUT2D eigenvalue weighted by Crippen LogP contribution is -2.32. The van der Waals surface area contributed by atoms with Crippen molar-refractivity contribution in [1.82, 2.24) is 19.5 Å². The number of aromatic nitrogens is 3. The Morgan fingerprint density at radius 2 is 2.10 bits per heavy atom. The SMILES string of the molecule is CCCc1c(CN(CCC)C(=O)c2cccc(F)c2)[nH]n2c(=O)c3c(nc12)CCC3. The fraction of sp³-hybridized carbons (Fsp3) is 0.435. The number of rotatable bonds is 7. The molecule has 1 amide bonds. The summed E-state index contributed by atoms with van der Waals surface area (Å²) in [5, 5.41) is 3.23. The fourth-order valence-corrected chi connectivity index (χ4v) is 4.29. The smallest absolute Gasteiger partial charge is 0.276 e. The normalized spacial score (nSPS) is 13.0. The number of carbonyl (C=O) groups is 1. The van der Waals surface area contributed by atoms with Crippen molar-refractivity contribution in [2.45, 2.75) is 58.9 Å². The van der Waals surface area contributed by atoms with Crippen molar-refractivity contribution in [3.05, 3.63) is 68.5 Å². The standard InChI is InChI=1S/C23H27FN4O2/c1-3-7-17-20(26-28-21(17)25-19-11-6-10-18(19)23(28)30)14-27(12-4-2)22(29)15-8-5-9-16(24)13-15/h5,8-9,13,26H,3-4,6-7,10-12,14H2,1-2H3. The van der Waals surface area contributed by atoms with Gasteiger partial charge in [-0.05, 0) is 50.3 Å². The molecule has 1 aliphatic carbocycles. The summed E-state index contributed by atoms with van der Waals surface area (Å²) in [6.07, 6.45) is 5.01. The van der Waals surface area contributed by atoms with Crippen molar-refractivity contribution in [3.63, 3.8) is 0 Å². The molecule has 0 fully saturated rings. The van der Waals surface area contributed by atoms with Crippen LogP contribution in [0.15, 0.2) is 29.1 Å². The molecule has 1 aromatic carbocycles. The van der Waals surface area contributed by atoms with Gasteiger partial charge in [0.25, 0.3) is 11.5 Å². The van der Waals surface area contributed by atoms with E-state index in [1.807, 2.05) is 6.92 Å². The molecule has 0 spiro atoms. The van der Waals surface area contributed by atoms with Gasteiger partial charge in [0.1, 0.15) is 5.82 Å². The second kappa shape index (κ2) is 8.42. The van der Waals surface area contributed by atoms with Crippen LogP contribution < -0.4 is 5.56 Å². The van der Waals surface area contributed by atoms with Crippen LogP contribution in [0.5, 0.6) is 0 Å². The van der Waals surface area contributed by atoms with Crippen molar-refractivity contribution in [2.24, 2.45) is 0 Å². The van der Waals surface area contributed by atoms with Crippen LogP contribution >= 0.6 is 0 Å². The molecule has 1 aliphatic rings. The number of nitrogens with one attached hydrogen (secondary N) is 1. The van der Waals surface area contributed by atoms with E-state index in [1.165, 1.54) is 12.1 Å². The van der Waals surface area contributed by atoms with E-state index in [1.54, 1.807) is 21.5 Å². The van der Waals surface area contributed by atoms with Gasteiger partial charge in [0, 0.05) is 23.2 Å². The maximum atomic E-state index is 13.6. The van der Waals surface area contributed by atoms with Gasteiger partial charge in [0.05, 0.1) is 17.9 Å². The lowest BCUT2D eigenvalue weighted by Gasteiger charge is -2.22. The van der Waals surface area contributed by atoms with E-state index in [4.69, 9.17) is 4.98 Å². The first-order valence-corrected chi connectivity index (χ1v) is 10.7. The molecule has 0 radical (unpaired) electrons. The first kappa shape index (κ1) is 20.3. The fourth-order valence-electron chi connectivity index (χ4n) is 4.29. The summed E-state index contributed by atoms with van der Waals surface area (Å²) >= 11 is 0. The Hall–Kier alpha value is -2.96. The molecule has 158 valence electrons. The molecule has 0 bridgehead atoms. The molecule has 0 atom stereocenters. The van der Waals surface area contributed by atoms with Crippen molar-refractivity contribution >= 4 is 11.6 Å². The third-order valence-electron chi connectivity index (χ3n) is 5.68. The number of fused-ring (bicyclic) bond motifs is 2. The highest BCUT2D eigenvalue weighted by Gasteiger charge is 2.24. The first-order chi connectivity index (χ1) is 14.5. The van der Waals surface area contributed by atoms with Crippen LogP contribution in [0.4, 0.5) is 4.39 Å². The Kier molecular flexibility index (Phi) is 5.70. The summed E-state index contributed by atoms with van der Waals surface area (Å²) in [4.78, 5) is 32.5. The van der Waals surface area contributed by atoms with Gasteiger partial charge in [-0.1, -0.05) is 26.3 Å². The number of H-pyrrole nitrogens is 1. The predicted molar refractivity (Wildman–Crippen MR) is 113 cm³/mol. The zero-order valence-electron chi connectivity index (χ0n) is 17.5. The maximum Gasteiger partial charge on any atom is 0.276 e. The minimum atomic E-state index is -0.431. The van der Waals surface area contributed by atoms with Gasteiger partial charge >= 0.3 is 0 Å². The van der Waals surface area contributed by atoms with Crippen LogP contribution in [0.3, 0.4) is 0 Å². The molecule has 6 nitrogen and oxygen atoms in total. The van der Waals surface area contributed by atoms with Crippen LogP contribution in [0.1, 0.15) is 66.0 Å². The number of amides is 1. The van der Waals surface area contributed by atoms with Crippen LogP contribution in [-0.2, 0) is 25.8 Å². The lowest BCUT2D eigenvalue weighted by atomic mass is 10.1. The van der Waals surface area contributed by atoms with Crippen molar-refractivity contribution in [3.8, 4) is 0 Å². The number of aromatic amines is 1. The number of halogens is 1. The number of carbonyl (C=O) groups excluding carboxylic acids is 1. The summed E-state index contributed by atoms with van der Waals surface area (Å²) < 4.78 is 15.2. The molecule has 0 unspecified atom stereocenters. The van der Waals surface area contributed by atoms with E-state index in [2.05, 4.69) is 12.0 Å². The summed E-state index contributed by atoms with van der Waals surface area (Å²) in [5.74, 6) is -0.653. The minimum absolute atomic E-state index is 0.0328. The summed E-state index contributed by atoms with van der Waals surface area (Å²) in [5.41, 5.74) is 4.47. The summed E-state index contributed by atoms with van der Waals surface area (Å²) in [6.45, 7) is 4.95. The molecule has 2 aromatic heterocycles. The van der Waals surface area contributed by atoms with Gasteiger partial charge in [-0.3, -0.25) is 14.7 Å². The van der Waals surface area contributed by atoms with Gasteiger partial charge in [-0.2, -0.15) is 0 Å². The monoisotopic (exact) mass is 410 g/mol. The highest BCUT2D eigenvalue weighted by Crippen LogP contribution is 2.23. The molecule has 0 saturated heterocycles. The molecule has 2 heterocycles. The van der Waals surface area contributed by atoms with E-state index in [0.29, 0.717) is 24.3 Å². The van der Waals surface area contributed by atoms with Crippen molar-refractivity contribution in [2.75, 3.05) is 6.54 Å². The summed E-state index contributed by atoms with van der Waals surface area (Å²) in [7, 11) is 0. The van der Waals surface area contributed by atoms with Gasteiger partial charge in [0.15, 0.2) is 5.65 Å². The zero-order chi connectivity index (χ0) is 21.3. The van der Waals surface area contributed by atoms with E-state index < -0.39 is 5.82 Å². The van der Waals surface area contributed by atoms with Gasteiger partial charge < -0.3 is 4.90 Å². The van der Waals surface area contributed by atoms with Gasteiger partial charge in [-0.15, -0.1) is 0 Å². The molecule has 4 rings (SSSR count). The number of hydrogen-bond acceptors (Lipinski definition) is 3. The minimum Gasteiger partial charge on any atom is -0.333 e. The second-order valence-electron chi connectivity index (χ2n) is 7.91. The Morgan fingerprint density at radius 3 is 2.83 bits per heavy atom. The number of aryl methyl sites for hydroxylation is 2.